The van der Waals surface area contributed by atoms with Gasteiger partial charge in [-0.3, -0.25) is 0 Å². The predicted octanol–water partition coefficient (Wildman–Crippen LogP) is 1.72. The molecule has 1 heterocycles. The number of benzene rings is 1. The van der Waals surface area contributed by atoms with Crippen molar-refractivity contribution in [3.8, 4) is 0 Å². The van der Waals surface area contributed by atoms with Crippen LogP contribution in [0.1, 0.15) is 17.3 Å². The highest BCUT2D eigenvalue weighted by atomic mass is 16.4. The summed E-state index contributed by atoms with van der Waals surface area (Å²) in [6.45, 7) is 2.17. The number of aliphatic hydroxyl groups excluding tert-OH is 1. The molecule has 0 radical (unpaired) electrons. The summed E-state index contributed by atoms with van der Waals surface area (Å²) in [7, 11) is 0. The number of rotatable bonds is 3. The zero-order valence-electron chi connectivity index (χ0n) is 8.92. The third-order valence-electron chi connectivity index (χ3n) is 2.51. The molecule has 0 saturated heterocycles. The van der Waals surface area contributed by atoms with Crippen molar-refractivity contribution in [2.75, 3.05) is 0 Å². The topological polar surface area (TPSA) is 62.5 Å². The Labute approximate surface area is 92.7 Å². The lowest BCUT2D eigenvalue weighted by molar-refractivity contribution is 0.0699. The lowest BCUT2D eigenvalue weighted by atomic mass is 10.1. The number of carbonyl (C=O) groups is 1. The van der Waals surface area contributed by atoms with Crippen LogP contribution in [0.15, 0.2) is 30.5 Å². The Morgan fingerprint density at radius 1 is 1.44 bits per heavy atom. The molecular formula is C12H13NO3. The molecule has 0 bridgehead atoms. The fraction of sp³-hybridized carbons (Fsp3) is 0.250. The Bertz CT molecular complexity index is 528. The molecule has 16 heavy (non-hydrogen) atoms. The number of aliphatic hydroxyl groups is 1. The molecule has 1 aromatic carbocycles. The monoisotopic (exact) mass is 219 g/mol. The molecule has 1 aromatic heterocycles. The maximum atomic E-state index is 11.0. The summed E-state index contributed by atoms with van der Waals surface area (Å²) in [6.07, 6.45) is 1.34. The van der Waals surface area contributed by atoms with Crippen molar-refractivity contribution in [2.24, 2.45) is 0 Å². The molecule has 0 saturated carbocycles. The summed E-state index contributed by atoms with van der Waals surface area (Å²) in [5, 5.41) is 19.0. The summed E-state index contributed by atoms with van der Waals surface area (Å²) in [4.78, 5) is 11.0. The summed E-state index contributed by atoms with van der Waals surface area (Å²) in [6, 6.07) is 6.91. The number of hydrogen-bond donors (Lipinski definition) is 2. The van der Waals surface area contributed by atoms with E-state index < -0.39 is 12.1 Å². The van der Waals surface area contributed by atoms with Crippen LogP contribution in [0.2, 0.25) is 0 Å². The van der Waals surface area contributed by atoms with Crippen LogP contribution in [0.25, 0.3) is 10.9 Å². The zero-order valence-corrected chi connectivity index (χ0v) is 8.92. The van der Waals surface area contributed by atoms with Gasteiger partial charge in [-0.25, -0.2) is 4.79 Å². The molecule has 2 aromatic rings. The molecule has 0 aliphatic rings. The van der Waals surface area contributed by atoms with Crippen LogP contribution in [0.5, 0.6) is 0 Å². The minimum Gasteiger partial charge on any atom is -0.478 e. The van der Waals surface area contributed by atoms with Gasteiger partial charge in [0.25, 0.3) is 0 Å². The molecule has 1 atom stereocenters. The molecule has 0 aliphatic heterocycles. The molecular weight excluding hydrogens is 206 g/mol. The van der Waals surface area contributed by atoms with E-state index >= 15 is 0 Å². The second-order valence-corrected chi connectivity index (χ2v) is 3.86. The van der Waals surface area contributed by atoms with Crippen LogP contribution < -0.4 is 0 Å². The van der Waals surface area contributed by atoms with Crippen LogP contribution >= 0.6 is 0 Å². The number of fused-ring (bicyclic) bond motifs is 1. The lowest BCUT2D eigenvalue weighted by Gasteiger charge is -2.07. The van der Waals surface area contributed by atoms with Gasteiger partial charge in [0.05, 0.1) is 11.7 Å². The van der Waals surface area contributed by atoms with E-state index in [2.05, 4.69) is 0 Å². The van der Waals surface area contributed by atoms with E-state index in [1.807, 2.05) is 10.6 Å². The first kappa shape index (κ1) is 10.7. The van der Waals surface area contributed by atoms with E-state index in [0.717, 1.165) is 5.52 Å². The predicted molar refractivity (Wildman–Crippen MR) is 60.6 cm³/mol. The van der Waals surface area contributed by atoms with Crippen molar-refractivity contribution >= 4 is 16.9 Å². The van der Waals surface area contributed by atoms with Gasteiger partial charge in [-0.2, -0.15) is 0 Å². The van der Waals surface area contributed by atoms with Gasteiger partial charge in [-0.05, 0) is 25.1 Å². The molecule has 4 heteroatoms. The number of aromatic carboxylic acids is 1. The molecule has 2 N–H and O–H groups in total. The normalized spacial score (nSPS) is 12.9. The highest BCUT2D eigenvalue weighted by molar-refractivity contribution is 6.02. The molecule has 2 rings (SSSR count). The van der Waals surface area contributed by atoms with Crippen molar-refractivity contribution in [2.45, 2.75) is 19.6 Å². The van der Waals surface area contributed by atoms with Crippen molar-refractivity contribution < 1.29 is 15.0 Å². The quantitative estimate of drug-likeness (QED) is 0.826. The van der Waals surface area contributed by atoms with Gasteiger partial charge in [-0.15, -0.1) is 0 Å². The van der Waals surface area contributed by atoms with Gasteiger partial charge >= 0.3 is 5.97 Å². The third-order valence-corrected chi connectivity index (χ3v) is 2.51. The van der Waals surface area contributed by atoms with Crippen molar-refractivity contribution in [1.82, 2.24) is 4.57 Å². The minimum atomic E-state index is -0.930. The standard InChI is InChI=1S/C12H13NO3/c1-8(14)7-13-6-5-9-10(12(15)16)3-2-4-11(9)13/h2-6,8,14H,7H2,1H3,(H,15,16). The summed E-state index contributed by atoms with van der Waals surface area (Å²) < 4.78 is 1.85. The second kappa shape index (κ2) is 3.98. The minimum absolute atomic E-state index is 0.293. The highest BCUT2D eigenvalue weighted by Crippen LogP contribution is 2.20. The molecule has 0 fully saturated rings. The zero-order chi connectivity index (χ0) is 11.7. The first-order valence-electron chi connectivity index (χ1n) is 5.09. The fourth-order valence-corrected chi connectivity index (χ4v) is 1.85. The van der Waals surface area contributed by atoms with Gasteiger partial charge in [0, 0.05) is 23.6 Å². The Balaban J connectivity index is 2.57. The van der Waals surface area contributed by atoms with Gasteiger partial charge in [0.2, 0.25) is 0 Å². The van der Waals surface area contributed by atoms with Crippen LogP contribution in [0.3, 0.4) is 0 Å². The SMILES string of the molecule is CC(O)Cn1ccc2c(C(=O)O)cccc21. The summed E-state index contributed by atoms with van der Waals surface area (Å²) in [5.41, 5.74) is 1.13. The first-order chi connectivity index (χ1) is 7.59. The molecule has 1 unspecified atom stereocenters. The molecule has 0 spiro atoms. The van der Waals surface area contributed by atoms with E-state index in [1.54, 1.807) is 31.3 Å². The Morgan fingerprint density at radius 3 is 2.81 bits per heavy atom. The Kier molecular flexibility index (Phi) is 2.66. The van der Waals surface area contributed by atoms with E-state index in [1.165, 1.54) is 0 Å². The highest BCUT2D eigenvalue weighted by Gasteiger charge is 2.11. The Hall–Kier alpha value is -1.81. The van der Waals surface area contributed by atoms with Gasteiger partial charge in [-0.1, -0.05) is 6.07 Å². The van der Waals surface area contributed by atoms with Crippen LogP contribution in [0, 0.1) is 0 Å². The number of nitrogens with zero attached hydrogens (tertiary/aromatic N) is 1. The Morgan fingerprint density at radius 2 is 2.19 bits per heavy atom. The van der Waals surface area contributed by atoms with Gasteiger partial charge < -0.3 is 14.8 Å². The third kappa shape index (κ3) is 1.79. The smallest absolute Gasteiger partial charge is 0.336 e. The van der Waals surface area contributed by atoms with Gasteiger partial charge in [0.15, 0.2) is 0 Å². The molecule has 0 amide bonds. The number of aromatic nitrogens is 1. The average Bonchev–Trinajstić information content (AvgIpc) is 2.60. The molecule has 84 valence electrons. The number of hydrogen-bond acceptors (Lipinski definition) is 2. The number of carboxylic acids is 1. The second-order valence-electron chi connectivity index (χ2n) is 3.86. The van der Waals surface area contributed by atoms with Crippen LogP contribution in [-0.2, 0) is 6.54 Å². The first-order valence-corrected chi connectivity index (χ1v) is 5.09. The van der Waals surface area contributed by atoms with E-state index in [9.17, 15) is 9.90 Å². The largest absolute Gasteiger partial charge is 0.478 e. The van der Waals surface area contributed by atoms with Gasteiger partial charge in [0.1, 0.15) is 0 Å². The van der Waals surface area contributed by atoms with E-state index in [-0.39, 0.29) is 0 Å². The molecule has 4 nitrogen and oxygen atoms in total. The van der Waals surface area contributed by atoms with Crippen molar-refractivity contribution in [1.29, 1.82) is 0 Å². The van der Waals surface area contributed by atoms with Crippen LogP contribution in [0.4, 0.5) is 0 Å². The lowest BCUT2D eigenvalue weighted by Crippen LogP contribution is -2.10. The summed E-state index contributed by atoms with van der Waals surface area (Å²) >= 11 is 0. The number of carboxylic acid groups (broad SMARTS) is 1. The maximum Gasteiger partial charge on any atom is 0.336 e. The molecule has 0 aliphatic carbocycles. The van der Waals surface area contributed by atoms with Crippen molar-refractivity contribution in [3.63, 3.8) is 0 Å². The average molecular weight is 219 g/mol. The maximum absolute atomic E-state index is 11.0. The fourth-order valence-electron chi connectivity index (χ4n) is 1.85. The summed E-state index contributed by atoms with van der Waals surface area (Å²) in [5.74, 6) is -0.930. The van der Waals surface area contributed by atoms with Crippen molar-refractivity contribution in [3.05, 3.63) is 36.0 Å². The van der Waals surface area contributed by atoms with E-state index in [4.69, 9.17) is 5.11 Å². The van der Waals surface area contributed by atoms with Crippen LogP contribution in [-0.4, -0.2) is 26.9 Å². The van der Waals surface area contributed by atoms with E-state index in [0.29, 0.717) is 17.5 Å².